The van der Waals surface area contributed by atoms with Crippen molar-refractivity contribution in [2.75, 3.05) is 19.1 Å². The fraction of sp³-hybridized carbons (Fsp3) is 0.185. The number of aliphatic hydroxyl groups is 1. The van der Waals surface area contributed by atoms with Gasteiger partial charge in [0.25, 0.3) is 11.7 Å². The number of ketones is 1. The van der Waals surface area contributed by atoms with Crippen LogP contribution in [0.15, 0.2) is 60.2 Å². The van der Waals surface area contributed by atoms with E-state index >= 15 is 0 Å². The van der Waals surface area contributed by atoms with Gasteiger partial charge in [-0.1, -0.05) is 59.1 Å². The number of hydrogen-bond acceptors (Lipinski definition) is 6. The summed E-state index contributed by atoms with van der Waals surface area (Å²) >= 11 is 12.6. The van der Waals surface area contributed by atoms with E-state index in [0.717, 1.165) is 22.6 Å². The van der Waals surface area contributed by atoms with E-state index in [9.17, 15) is 27.9 Å². The van der Waals surface area contributed by atoms with E-state index in [4.69, 9.17) is 32.7 Å². The molecule has 0 aromatic heterocycles. The molecule has 1 aliphatic heterocycles. The molecule has 0 bridgehead atoms. The number of amides is 1. The molecule has 0 aliphatic carbocycles. The molecular weight excluding hydrogens is 562 g/mol. The number of nitrogens with zero attached hydrogens (tertiary/aromatic N) is 1. The summed E-state index contributed by atoms with van der Waals surface area (Å²) in [5.74, 6) is -3.45. The van der Waals surface area contributed by atoms with Gasteiger partial charge in [0.1, 0.15) is 16.5 Å². The number of aliphatic hydroxyl groups excluding tert-OH is 1. The van der Waals surface area contributed by atoms with Crippen LogP contribution in [0.5, 0.6) is 17.2 Å². The number of alkyl halides is 3. The summed E-state index contributed by atoms with van der Waals surface area (Å²) in [4.78, 5) is 27.8. The Bertz CT molecular complexity index is 1510. The zero-order valence-electron chi connectivity index (χ0n) is 20.6. The van der Waals surface area contributed by atoms with Crippen molar-refractivity contribution in [2.45, 2.75) is 19.3 Å². The van der Waals surface area contributed by atoms with Crippen molar-refractivity contribution in [1.29, 1.82) is 0 Å². The quantitative estimate of drug-likeness (QED) is 0.195. The lowest BCUT2D eigenvalue weighted by Gasteiger charge is -2.26. The van der Waals surface area contributed by atoms with E-state index in [-0.39, 0.29) is 38.4 Å². The van der Waals surface area contributed by atoms with Crippen molar-refractivity contribution < 1.29 is 42.1 Å². The van der Waals surface area contributed by atoms with Gasteiger partial charge in [0.2, 0.25) is 0 Å². The Morgan fingerprint density at radius 2 is 1.64 bits per heavy atom. The number of halogens is 5. The normalized spacial score (nSPS) is 16.9. The SMILES string of the molecule is COc1c(Cl)cc(/C(O)=C2\C(=O)C(=O)N(c3cccc(OC(F)(F)F)c3)C2c2cccc(C)c2)c(OC)c1Cl. The number of aryl methyl sites for hydroxylation is 1. The van der Waals surface area contributed by atoms with E-state index in [1.165, 1.54) is 32.4 Å². The molecule has 1 fully saturated rings. The van der Waals surface area contributed by atoms with Gasteiger partial charge in [-0.05, 0) is 30.7 Å². The van der Waals surface area contributed by atoms with Crippen LogP contribution in [-0.4, -0.2) is 37.4 Å². The van der Waals surface area contributed by atoms with Crippen LogP contribution >= 0.6 is 23.2 Å². The Hall–Kier alpha value is -3.89. The van der Waals surface area contributed by atoms with Crippen molar-refractivity contribution in [3.8, 4) is 17.2 Å². The Kier molecular flexibility index (Phi) is 7.72. The van der Waals surface area contributed by atoms with Crippen LogP contribution < -0.4 is 19.1 Å². The van der Waals surface area contributed by atoms with Crippen LogP contribution in [-0.2, 0) is 9.59 Å². The molecule has 204 valence electrons. The zero-order valence-corrected chi connectivity index (χ0v) is 22.1. The molecule has 1 heterocycles. The van der Waals surface area contributed by atoms with Gasteiger partial charge in [-0.3, -0.25) is 14.5 Å². The molecule has 1 N–H and O–H groups in total. The second-order valence-electron chi connectivity index (χ2n) is 8.41. The highest BCUT2D eigenvalue weighted by molar-refractivity contribution is 6.52. The first-order valence-electron chi connectivity index (χ1n) is 11.2. The van der Waals surface area contributed by atoms with Crippen molar-refractivity contribution in [3.05, 3.63) is 86.9 Å². The Balaban J connectivity index is 1.99. The van der Waals surface area contributed by atoms with E-state index in [0.29, 0.717) is 5.56 Å². The molecule has 3 aromatic carbocycles. The van der Waals surface area contributed by atoms with Gasteiger partial charge in [0.05, 0.1) is 36.4 Å². The van der Waals surface area contributed by atoms with Crippen LogP contribution in [0.4, 0.5) is 18.9 Å². The summed E-state index contributed by atoms with van der Waals surface area (Å²) in [6.45, 7) is 1.78. The van der Waals surface area contributed by atoms with E-state index in [1.54, 1.807) is 31.2 Å². The highest BCUT2D eigenvalue weighted by Crippen LogP contribution is 2.48. The maximum Gasteiger partial charge on any atom is 0.573 e. The average molecular weight is 582 g/mol. The molecular formula is C27H20Cl2F3NO6. The van der Waals surface area contributed by atoms with Crippen LogP contribution in [0.1, 0.15) is 22.7 Å². The highest BCUT2D eigenvalue weighted by Gasteiger charge is 2.47. The van der Waals surface area contributed by atoms with E-state index < -0.39 is 35.6 Å². The second-order valence-corrected chi connectivity index (χ2v) is 9.20. The third-order valence-electron chi connectivity index (χ3n) is 5.93. The second kappa shape index (κ2) is 10.7. The standard InChI is InChI=1S/C27H20Cl2F3NO6/c1-13-6-4-7-14(10-13)21-19(22(34)17-12-18(28)25(38-3)20(29)24(17)37-2)23(35)26(36)33(21)15-8-5-9-16(11-15)39-27(30,31)32/h4-12,21,34H,1-3H3/b22-19+. The molecule has 0 radical (unpaired) electrons. The fourth-order valence-corrected chi connectivity index (χ4v) is 5.06. The molecule has 0 saturated carbocycles. The Morgan fingerprint density at radius 1 is 0.974 bits per heavy atom. The lowest BCUT2D eigenvalue weighted by Crippen LogP contribution is -2.29. The van der Waals surface area contributed by atoms with Gasteiger partial charge < -0.3 is 19.3 Å². The third kappa shape index (κ3) is 5.35. The lowest BCUT2D eigenvalue weighted by molar-refractivity contribution is -0.274. The summed E-state index contributed by atoms with van der Waals surface area (Å²) in [5, 5.41) is 11.4. The molecule has 4 rings (SSSR count). The first kappa shape index (κ1) is 28.1. The zero-order chi connectivity index (χ0) is 28.6. The molecule has 1 saturated heterocycles. The number of Topliss-reactive ketones (excluding diaryl/α,β-unsaturated/α-hetero) is 1. The molecule has 39 heavy (non-hydrogen) atoms. The van der Waals surface area contributed by atoms with Gasteiger partial charge in [0, 0.05) is 11.8 Å². The number of rotatable bonds is 6. The maximum absolute atomic E-state index is 13.4. The molecule has 12 heteroatoms. The molecule has 1 aliphatic rings. The van der Waals surface area contributed by atoms with Gasteiger partial charge in [-0.25, -0.2) is 0 Å². The Morgan fingerprint density at radius 3 is 2.26 bits per heavy atom. The number of methoxy groups -OCH3 is 2. The third-order valence-corrected chi connectivity index (χ3v) is 6.55. The number of ether oxygens (including phenoxy) is 3. The van der Waals surface area contributed by atoms with E-state index in [1.807, 2.05) is 0 Å². The topological polar surface area (TPSA) is 85.3 Å². The first-order chi connectivity index (χ1) is 18.4. The number of carbonyl (C=O) groups excluding carboxylic acids is 2. The maximum atomic E-state index is 13.4. The van der Waals surface area contributed by atoms with Crippen LogP contribution in [0, 0.1) is 6.92 Å². The Labute approximate surface area is 230 Å². The minimum Gasteiger partial charge on any atom is -0.507 e. The molecule has 1 amide bonds. The van der Waals surface area contributed by atoms with Crippen molar-refractivity contribution in [1.82, 2.24) is 0 Å². The molecule has 1 atom stereocenters. The van der Waals surface area contributed by atoms with Crippen molar-refractivity contribution in [2.24, 2.45) is 0 Å². The van der Waals surface area contributed by atoms with Crippen molar-refractivity contribution >= 4 is 46.3 Å². The molecule has 0 spiro atoms. The summed E-state index contributed by atoms with van der Waals surface area (Å²) in [6.07, 6.45) is -4.98. The first-order valence-corrected chi connectivity index (χ1v) is 12.0. The van der Waals surface area contributed by atoms with Gasteiger partial charge in [0.15, 0.2) is 11.5 Å². The molecule has 7 nitrogen and oxygen atoms in total. The van der Waals surface area contributed by atoms with Crippen LogP contribution in [0.25, 0.3) is 5.76 Å². The monoisotopic (exact) mass is 581 g/mol. The summed E-state index contributed by atoms with van der Waals surface area (Å²) in [6, 6.07) is 11.4. The highest BCUT2D eigenvalue weighted by atomic mass is 35.5. The van der Waals surface area contributed by atoms with E-state index in [2.05, 4.69) is 4.74 Å². The fourth-order valence-electron chi connectivity index (χ4n) is 4.38. The van der Waals surface area contributed by atoms with Crippen molar-refractivity contribution in [3.63, 3.8) is 0 Å². The number of benzene rings is 3. The summed E-state index contributed by atoms with van der Waals surface area (Å²) in [7, 11) is 2.60. The number of carbonyl (C=O) groups is 2. The number of anilines is 1. The number of hydrogen-bond donors (Lipinski definition) is 1. The molecule has 1 unspecified atom stereocenters. The van der Waals surface area contributed by atoms with Gasteiger partial charge in [-0.2, -0.15) is 0 Å². The average Bonchev–Trinajstić information content (AvgIpc) is 3.13. The summed E-state index contributed by atoms with van der Waals surface area (Å²) < 4.78 is 53.2. The van der Waals surface area contributed by atoms with Gasteiger partial charge in [-0.15, -0.1) is 13.2 Å². The predicted octanol–water partition coefficient (Wildman–Crippen LogP) is 6.84. The van der Waals surface area contributed by atoms with Gasteiger partial charge >= 0.3 is 6.36 Å². The predicted molar refractivity (Wildman–Crippen MR) is 139 cm³/mol. The smallest absolute Gasteiger partial charge is 0.507 e. The largest absolute Gasteiger partial charge is 0.573 e. The summed E-state index contributed by atoms with van der Waals surface area (Å²) in [5.41, 5.74) is 0.645. The minimum atomic E-state index is -4.98. The lowest BCUT2D eigenvalue weighted by atomic mass is 9.94. The minimum absolute atomic E-state index is 0.0109. The molecule has 3 aromatic rings. The van der Waals surface area contributed by atoms with Crippen LogP contribution in [0.2, 0.25) is 10.0 Å². The van der Waals surface area contributed by atoms with Crippen LogP contribution in [0.3, 0.4) is 0 Å².